The highest BCUT2D eigenvalue weighted by Gasteiger charge is 2.06. The summed E-state index contributed by atoms with van der Waals surface area (Å²) in [4.78, 5) is 0. The molecule has 20 heavy (non-hydrogen) atoms. The Bertz CT molecular complexity index is 662. The van der Waals surface area contributed by atoms with Gasteiger partial charge in [-0.25, -0.2) is 0 Å². The van der Waals surface area contributed by atoms with Gasteiger partial charge in [0.15, 0.2) is 0 Å². The van der Waals surface area contributed by atoms with E-state index in [0.29, 0.717) is 13.2 Å². The summed E-state index contributed by atoms with van der Waals surface area (Å²) in [5.74, 6) is 6.69. The standard InChI is InChI=1S/C16H19N3O/c1-12-6-7-16(14(9-12)5-4-8-17)20-11-15-10-13(2)18-19(15)3/h6-7,9-10H,8,11,17H2,1-3H3. The fraction of sp³-hybridized carbons (Fsp3) is 0.312. The van der Waals surface area contributed by atoms with Crippen LogP contribution in [0.3, 0.4) is 0 Å². The zero-order valence-corrected chi connectivity index (χ0v) is 12.1. The third kappa shape index (κ3) is 3.40. The Morgan fingerprint density at radius 1 is 1.30 bits per heavy atom. The van der Waals surface area contributed by atoms with Crippen molar-refractivity contribution in [2.75, 3.05) is 6.54 Å². The molecule has 0 saturated carbocycles. The molecule has 1 aromatic carbocycles. The highest BCUT2D eigenvalue weighted by molar-refractivity contribution is 5.48. The van der Waals surface area contributed by atoms with Gasteiger partial charge in [0.2, 0.25) is 0 Å². The summed E-state index contributed by atoms with van der Waals surface area (Å²) in [6.07, 6.45) is 0. The summed E-state index contributed by atoms with van der Waals surface area (Å²) in [6, 6.07) is 7.97. The first-order chi connectivity index (χ1) is 9.60. The number of nitrogens with zero attached hydrogens (tertiary/aromatic N) is 2. The van der Waals surface area contributed by atoms with E-state index < -0.39 is 0 Å². The average molecular weight is 269 g/mol. The maximum atomic E-state index is 5.87. The van der Waals surface area contributed by atoms with E-state index in [2.05, 4.69) is 16.9 Å². The van der Waals surface area contributed by atoms with Crippen molar-refractivity contribution in [3.05, 3.63) is 46.8 Å². The molecule has 1 heterocycles. The van der Waals surface area contributed by atoms with E-state index in [0.717, 1.165) is 28.3 Å². The second-order valence-electron chi connectivity index (χ2n) is 4.69. The number of benzene rings is 1. The number of nitrogens with two attached hydrogens (primary N) is 1. The van der Waals surface area contributed by atoms with E-state index in [-0.39, 0.29) is 0 Å². The van der Waals surface area contributed by atoms with E-state index in [9.17, 15) is 0 Å². The monoisotopic (exact) mass is 269 g/mol. The smallest absolute Gasteiger partial charge is 0.135 e. The van der Waals surface area contributed by atoms with Crippen LogP contribution in [0.2, 0.25) is 0 Å². The third-order valence-corrected chi connectivity index (χ3v) is 2.93. The maximum absolute atomic E-state index is 5.87. The van der Waals surface area contributed by atoms with Crippen molar-refractivity contribution in [3.8, 4) is 17.6 Å². The molecular weight excluding hydrogens is 250 g/mol. The van der Waals surface area contributed by atoms with Crippen molar-refractivity contribution in [1.82, 2.24) is 9.78 Å². The minimum absolute atomic E-state index is 0.342. The molecule has 0 unspecified atom stereocenters. The Hall–Kier alpha value is -2.25. The fourth-order valence-corrected chi connectivity index (χ4v) is 1.96. The Morgan fingerprint density at radius 3 is 2.75 bits per heavy atom. The van der Waals surface area contributed by atoms with Gasteiger partial charge in [0.25, 0.3) is 0 Å². The van der Waals surface area contributed by atoms with Gasteiger partial charge < -0.3 is 10.5 Å². The van der Waals surface area contributed by atoms with Crippen LogP contribution in [0.15, 0.2) is 24.3 Å². The molecular formula is C16H19N3O. The number of hydrogen-bond donors (Lipinski definition) is 1. The number of rotatable bonds is 3. The molecule has 104 valence electrons. The predicted octanol–water partition coefficient (Wildman–Crippen LogP) is 1.93. The summed E-state index contributed by atoms with van der Waals surface area (Å²) in [5, 5.41) is 4.30. The minimum Gasteiger partial charge on any atom is -0.486 e. The van der Waals surface area contributed by atoms with Crippen molar-refractivity contribution < 1.29 is 4.74 Å². The molecule has 2 aromatic rings. The van der Waals surface area contributed by atoms with Gasteiger partial charge in [0, 0.05) is 7.05 Å². The Balaban J connectivity index is 2.18. The molecule has 0 aliphatic rings. The fourth-order valence-electron chi connectivity index (χ4n) is 1.96. The number of hydrogen-bond acceptors (Lipinski definition) is 3. The molecule has 0 bridgehead atoms. The summed E-state index contributed by atoms with van der Waals surface area (Å²) < 4.78 is 7.69. The van der Waals surface area contributed by atoms with Gasteiger partial charge in [0.05, 0.1) is 23.5 Å². The number of ether oxygens (including phenoxy) is 1. The van der Waals surface area contributed by atoms with Crippen LogP contribution < -0.4 is 10.5 Å². The molecule has 4 heteroatoms. The van der Waals surface area contributed by atoms with Crippen LogP contribution in [0.5, 0.6) is 5.75 Å². The largest absolute Gasteiger partial charge is 0.486 e. The van der Waals surface area contributed by atoms with Crippen LogP contribution in [0.1, 0.15) is 22.5 Å². The maximum Gasteiger partial charge on any atom is 0.135 e. The van der Waals surface area contributed by atoms with Crippen molar-refractivity contribution in [2.45, 2.75) is 20.5 Å². The first-order valence-electron chi connectivity index (χ1n) is 6.52. The van der Waals surface area contributed by atoms with E-state index in [4.69, 9.17) is 10.5 Å². The van der Waals surface area contributed by atoms with E-state index in [1.165, 1.54) is 0 Å². The highest BCUT2D eigenvalue weighted by Crippen LogP contribution is 2.20. The van der Waals surface area contributed by atoms with E-state index >= 15 is 0 Å². The van der Waals surface area contributed by atoms with Crippen molar-refractivity contribution in [3.63, 3.8) is 0 Å². The molecule has 2 rings (SSSR count). The normalized spacial score (nSPS) is 10.0. The van der Waals surface area contributed by atoms with Crippen molar-refractivity contribution in [2.24, 2.45) is 12.8 Å². The van der Waals surface area contributed by atoms with Crippen LogP contribution in [0, 0.1) is 25.7 Å². The van der Waals surface area contributed by atoms with E-state index in [1.807, 2.05) is 49.8 Å². The van der Waals surface area contributed by atoms with Crippen LogP contribution in [0.25, 0.3) is 0 Å². The topological polar surface area (TPSA) is 53.1 Å². The first kappa shape index (κ1) is 14.2. The summed E-state index contributed by atoms with van der Waals surface area (Å²) >= 11 is 0. The van der Waals surface area contributed by atoms with Crippen LogP contribution in [0.4, 0.5) is 0 Å². The molecule has 1 aromatic heterocycles. The Labute approximate surface area is 119 Å². The average Bonchev–Trinajstić information content (AvgIpc) is 2.73. The van der Waals surface area contributed by atoms with Gasteiger partial charge in [-0.15, -0.1) is 0 Å². The third-order valence-electron chi connectivity index (χ3n) is 2.93. The molecule has 0 radical (unpaired) electrons. The molecule has 2 N–H and O–H groups in total. The molecule has 0 spiro atoms. The second-order valence-corrected chi connectivity index (χ2v) is 4.69. The SMILES string of the molecule is Cc1ccc(OCc2cc(C)nn2C)c(C#CCN)c1. The number of aromatic nitrogens is 2. The lowest BCUT2D eigenvalue weighted by atomic mass is 10.1. The van der Waals surface area contributed by atoms with Crippen molar-refractivity contribution in [1.29, 1.82) is 0 Å². The summed E-state index contributed by atoms with van der Waals surface area (Å²) in [5.41, 5.74) is 9.46. The van der Waals surface area contributed by atoms with Crippen LogP contribution in [-0.4, -0.2) is 16.3 Å². The summed E-state index contributed by atoms with van der Waals surface area (Å²) in [6.45, 7) is 4.81. The van der Waals surface area contributed by atoms with Gasteiger partial charge in [-0.2, -0.15) is 5.10 Å². The number of aryl methyl sites for hydroxylation is 3. The first-order valence-corrected chi connectivity index (χ1v) is 6.52. The second kappa shape index (κ2) is 6.27. The van der Waals surface area contributed by atoms with Crippen LogP contribution in [-0.2, 0) is 13.7 Å². The Kier molecular flexibility index (Phi) is 4.44. The molecule has 4 nitrogen and oxygen atoms in total. The molecule has 0 amide bonds. The van der Waals surface area contributed by atoms with Gasteiger partial charge in [0.1, 0.15) is 12.4 Å². The van der Waals surface area contributed by atoms with Gasteiger partial charge in [-0.05, 0) is 37.6 Å². The Morgan fingerprint density at radius 2 is 2.10 bits per heavy atom. The molecule has 0 atom stereocenters. The van der Waals surface area contributed by atoms with Gasteiger partial charge in [-0.3, -0.25) is 4.68 Å². The minimum atomic E-state index is 0.342. The summed E-state index contributed by atoms with van der Waals surface area (Å²) in [7, 11) is 1.91. The lowest BCUT2D eigenvalue weighted by Crippen LogP contribution is -2.04. The molecule has 0 aliphatic heterocycles. The van der Waals surface area contributed by atoms with E-state index in [1.54, 1.807) is 0 Å². The lowest BCUT2D eigenvalue weighted by Gasteiger charge is -2.09. The van der Waals surface area contributed by atoms with Crippen LogP contribution >= 0.6 is 0 Å². The lowest BCUT2D eigenvalue weighted by molar-refractivity contribution is 0.294. The molecule has 0 aliphatic carbocycles. The predicted molar refractivity (Wildman–Crippen MR) is 79.4 cm³/mol. The van der Waals surface area contributed by atoms with Crippen molar-refractivity contribution >= 4 is 0 Å². The van der Waals surface area contributed by atoms with Gasteiger partial charge >= 0.3 is 0 Å². The van der Waals surface area contributed by atoms with Gasteiger partial charge in [-0.1, -0.05) is 17.9 Å². The molecule has 0 saturated heterocycles. The zero-order chi connectivity index (χ0) is 14.5. The highest BCUT2D eigenvalue weighted by atomic mass is 16.5. The quantitative estimate of drug-likeness (QED) is 0.866. The zero-order valence-electron chi connectivity index (χ0n) is 12.1. The molecule has 0 fully saturated rings.